The van der Waals surface area contributed by atoms with Crippen LogP contribution in [0.5, 0.6) is 5.75 Å². The Kier molecular flexibility index (Phi) is 3.99. The third-order valence-corrected chi connectivity index (χ3v) is 5.56. The van der Waals surface area contributed by atoms with Gasteiger partial charge < -0.3 is 10.5 Å². The topological polar surface area (TPSA) is 91.7 Å². The van der Waals surface area contributed by atoms with Crippen LogP contribution in [0.1, 0.15) is 28.9 Å². The molecule has 2 N–H and O–H groups in total. The zero-order valence-electron chi connectivity index (χ0n) is 14.5. The molecule has 0 aliphatic carbocycles. The largest absolute Gasteiger partial charge is 0.496 e. The van der Waals surface area contributed by atoms with E-state index in [1.54, 1.807) is 18.9 Å². The van der Waals surface area contributed by atoms with Gasteiger partial charge in [0.15, 0.2) is 5.65 Å². The summed E-state index contributed by atoms with van der Waals surface area (Å²) in [6.45, 7) is 4.54. The number of anilines is 1. The van der Waals surface area contributed by atoms with Crippen molar-refractivity contribution >= 4 is 28.7 Å². The number of methoxy groups -OCH3 is 1. The van der Waals surface area contributed by atoms with Crippen LogP contribution < -0.4 is 10.5 Å². The Morgan fingerprint density at radius 3 is 2.96 bits per heavy atom. The average molecular weight is 356 g/mol. The van der Waals surface area contributed by atoms with Crippen molar-refractivity contribution in [3.63, 3.8) is 0 Å². The highest BCUT2D eigenvalue weighted by atomic mass is 32.2. The number of pyridine rings is 1. The molecule has 3 aromatic rings. The lowest BCUT2D eigenvalue weighted by molar-refractivity contribution is 0.406. The van der Waals surface area contributed by atoms with Crippen molar-refractivity contribution in [2.45, 2.75) is 38.3 Å². The van der Waals surface area contributed by atoms with E-state index in [0.29, 0.717) is 6.54 Å². The lowest BCUT2D eigenvalue weighted by Crippen LogP contribution is -2.09. The maximum Gasteiger partial charge on any atom is 0.223 e. The second kappa shape index (κ2) is 6.18. The van der Waals surface area contributed by atoms with Crippen molar-refractivity contribution in [3.05, 3.63) is 28.7 Å². The third kappa shape index (κ3) is 2.70. The van der Waals surface area contributed by atoms with Crippen LogP contribution in [0, 0.1) is 13.8 Å². The molecule has 0 aromatic carbocycles. The highest BCUT2D eigenvalue weighted by Gasteiger charge is 2.21. The number of rotatable bonds is 3. The maximum atomic E-state index is 5.93. The zero-order chi connectivity index (χ0) is 17.6. The van der Waals surface area contributed by atoms with Gasteiger partial charge in [0.2, 0.25) is 5.95 Å². The molecule has 4 heterocycles. The van der Waals surface area contributed by atoms with Crippen LogP contribution in [0.15, 0.2) is 11.2 Å². The molecule has 7 nitrogen and oxygen atoms in total. The number of thioether (sulfide) groups is 1. The molecule has 1 aliphatic heterocycles. The van der Waals surface area contributed by atoms with E-state index in [9.17, 15) is 0 Å². The standard InChI is InChI=1S/C17H20N6OS/c1-9-7-19-12(10(2)14(9)24-3)8-23-15-13-11(22-23)5-4-6-25-16(13)21-17(18)20-15/h7H,4-6,8H2,1-3H3,(H2,18,20,21). The first-order chi connectivity index (χ1) is 12.1. The van der Waals surface area contributed by atoms with Crippen LogP contribution >= 0.6 is 11.8 Å². The summed E-state index contributed by atoms with van der Waals surface area (Å²) in [5.74, 6) is 2.18. The van der Waals surface area contributed by atoms with Gasteiger partial charge >= 0.3 is 0 Å². The van der Waals surface area contributed by atoms with Crippen molar-refractivity contribution in [1.29, 1.82) is 0 Å². The van der Waals surface area contributed by atoms with Crippen LogP contribution in [0.2, 0.25) is 0 Å². The third-order valence-electron chi connectivity index (χ3n) is 4.49. The summed E-state index contributed by atoms with van der Waals surface area (Å²) in [5.41, 5.74) is 10.7. The van der Waals surface area contributed by atoms with Crippen molar-refractivity contribution in [2.24, 2.45) is 0 Å². The molecule has 0 radical (unpaired) electrons. The lowest BCUT2D eigenvalue weighted by atomic mass is 10.1. The smallest absolute Gasteiger partial charge is 0.223 e. The van der Waals surface area contributed by atoms with Gasteiger partial charge in [0.25, 0.3) is 0 Å². The van der Waals surface area contributed by atoms with Gasteiger partial charge in [0.1, 0.15) is 10.8 Å². The van der Waals surface area contributed by atoms with Gasteiger partial charge in [0, 0.05) is 17.3 Å². The minimum absolute atomic E-state index is 0.288. The fourth-order valence-corrected chi connectivity index (χ4v) is 4.29. The molecule has 0 fully saturated rings. The molecular formula is C17H20N6OS. The molecule has 0 unspecified atom stereocenters. The van der Waals surface area contributed by atoms with E-state index in [-0.39, 0.29) is 5.95 Å². The van der Waals surface area contributed by atoms with E-state index in [1.807, 2.05) is 24.7 Å². The van der Waals surface area contributed by atoms with Gasteiger partial charge in [-0.3, -0.25) is 4.98 Å². The van der Waals surface area contributed by atoms with Gasteiger partial charge in [0.05, 0.1) is 30.4 Å². The summed E-state index contributed by atoms with van der Waals surface area (Å²) in [6, 6.07) is 0. The molecule has 25 heavy (non-hydrogen) atoms. The van der Waals surface area contributed by atoms with Gasteiger partial charge in [-0.1, -0.05) is 0 Å². The Balaban J connectivity index is 1.85. The van der Waals surface area contributed by atoms with Crippen LogP contribution in [0.25, 0.3) is 11.0 Å². The van der Waals surface area contributed by atoms with E-state index in [0.717, 1.165) is 62.9 Å². The van der Waals surface area contributed by atoms with Gasteiger partial charge in [-0.25, -0.2) is 9.67 Å². The molecule has 130 valence electrons. The predicted molar refractivity (Wildman–Crippen MR) is 98.1 cm³/mol. The monoisotopic (exact) mass is 356 g/mol. The van der Waals surface area contributed by atoms with Crippen molar-refractivity contribution in [2.75, 3.05) is 18.6 Å². The molecule has 3 aromatic heterocycles. The van der Waals surface area contributed by atoms with Gasteiger partial charge in [-0.15, -0.1) is 11.8 Å². The number of hydrogen-bond donors (Lipinski definition) is 1. The summed E-state index contributed by atoms with van der Waals surface area (Å²) < 4.78 is 7.41. The first-order valence-electron chi connectivity index (χ1n) is 8.23. The molecular weight excluding hydrogens is 336 g/mol. The number of aryl methyl sites for hydroxylation is 2. The Morgan fingerprint density at radius 2 is 2.16 bits per heavy atom. The minimum atomic E-state index is 0.288. The zero-order valence-corrected chi connectivity index (χ0v) is 15.4. The maximum absolute atomic E-state index is 5.93. The summed E-state index contributed by atoms with van der Waals surface area (Å²) in [7, 11) is 1.68. The SMILES string of the molecule is COc1c(C)cnc(Cn2nc3c4c(nc(N)nc42)SCCC3)c1C. The normalized spacial score (nSPS) is 13.9. The fourth-order valence-electron chi connectivity index (χ4n) is 3.30. The van der Waals surface area contributed by atoms with Crippen molar-refractivity contribution < 1.29 is 4.74 Å². The van der Waals surface area contributed by atoms with E-state index in [4.69, 9.17) is 15.6 Å². The Hall–Kier alpha value is -2.35. The summed E-state index contributed by atoms with van der Waals surface area (Å²) in [4.78, 5) is 13.5. The van der Waals surface area contributed by atoms with E-state index in [2.05, 4.69) is 15.0 Å². The number of hydrogen-bond acceptors (Lipinski definition) is 7. The predicted octanol–water partition coefficient (Wildman–Crippen LogP) is 2.52. The highest BCUT2D eigenvalue weighted by Crippen LogP contribution is 2.33. The molecule has 0 atom stereocenters. The Bertz CT molecular complexity index is 968. The number of nitrogens with zero attached hydrogens (tertiary/aromatic N) is 5. The highest BCUT2D eigenvalue weighted by molar-refractivity contribution is 7.99. The lowest BCUT2D eigenvalue weighted by Gasteiger charge is -2.12. The Morgan fingerprint density at radius 1 is 1.32 bits per heavy atom. The molecule has 8 heteroatoms. The number of nitrogens with two attached hydrogens (primary N) is 1. The first kappa shape index (κ1) is 16.1. The Labute approximate surface area is 150 Å². The second-order valence-corrected chi connectivity index (χ2v) is 7.27. The second-order valence-electron chi connectivity index (χ2n) is 6.19. The summed E-state index contributed by atoms with van der Waals surface area (Å²) in [5, 5.41) is 6.77. The molecule has 1 aliphatic rings. The molecule has 0 amide bonds. The quantitative estimate of drug-likeness (QED) is 0.721. The van der Waals surface area contributed by atoms with Crippen LogP contribution in [-0.4, -0.2) is 37.6 Å². The summed E-state index contributed by atoms with van der Waals surface area (Å²) >= 11 is 1.73. The molecule has 0 saturated heterocycles. The van der Waals surface area contributed by atoms with E-state index >= 15 is 0 Å². The molecule has 0 saturated carbocycles. The van der Waals surface area contributed by atoms with Gasteiger partial charge in [-0.2, -0.15) is 10.1 Å². The first-order valence-corrected chi connectivity index (χ1v) is 9.21. The number of nitrogen functional groups attached to an aromatic ring is 1. The van der Waals surface area contributed by atoms with E-state index in [1.165, 1.54) is 0 Å². The van der Waals surface area contributed by atoms with Crippen molar-refractivity contribution in [1.82, 2.24) is 24.7 Å². The number of aromatic nitrogens is 5. The fraction of sp³-hybridized carbons (Fsp3) is 0.412. The molecule has 4 rings (SSSR count). The number of ether oxygens (including phenoxy) is 1. The van der Waals surface area contributed by atoms with Crippen LogP contribution in [-0.2, 0) is 13.0 Å². The van der Waals surface area contributed by atoms with E-state index < -0.39 is 0 Å². The minimum Gasteiger partial charge on any atom is -0.496 e. The molecule has 0 spiro atoms. The van der Waals surface area contributed by atoms with Crippen LogP contribution in [0.3, 0.4) is 0 Å². The van der Waals surface area contributed by atoms with Gasteiger partial charge in [-0.05, 0) is 32.4 Å². The summed E-state index contributed by atoms with van der Waals surface area (Å²) in [6.07, 6.45) is 3.84. The van der Waals surface area contributed by atoms with Crippen LogP contribution in [0.4, 0.5) is 5.95 Å². The average Bonchev–Trinajstić information content (AvgIpc) is 2.78. The molecule has 0 bridgehead atoms. The van der Waals surface area contributed by atoms with Crippen molar-refractivity contribution in [3.8, 4) is 5.75 Å².